The standard InChI is InChI=1S/C17H36N4/c1-16-4-6-17(7-5-16)18-8-9-20-12-14-21(15-13-20)11-10-19(2)3/h16-18H,4-15H2,1-3H3. The van der Waals surface area contributed by atoms with E-state index in [2.05, 4.69) is 41.0 Å². The lowest BCUT2D eigenvalue weighted by molar-refractivity contribution is 0.124. The molecule has 1 aliphatic heterocycles. The monoisotopic (exact) mass is 296 g/mol. The van der Waals surface area contributed by atoms with Crippen molar-refractivity contribution in [1.82, 2.24) is 20.0 Å². The molecule has 0 atom stereocenters. The summed E-state index contributed by atoms with van der Waals surface area (Å²) in [5.41, 5.74) is 0. The lowest BCUT2D eigenvalue weighted by Gasteiger charge is -2.35. The molecule has 0 aromatic carbocycles. The lowest BCUT2D eigenvalue weighted by atomic mass is 9.87. The summed E-state index contributed by atoms with van der Waals surface area (Å²) in [4.78, 5) is 7.51. The van der Waals surface area contributed by atoms with E-state index in [-0.39, 0.29) is 0 Å². The number of piperazine rings is 1. The number of nitrogens with zero attached hydrogens (tertiary/aromatic N) is 3. The molecule has 4 heteroatoms. The first kappa shape index (κ1) is 17.2. The van der Waals surface area contributed by atoms with Crippen molar-refractivity contribution in [3.05, 3.63) is 0 Å². The molecule has 1 saturated heterocycles. The van der Waals surface area contributed by atoms with Crippen LogP contribution in [0.1, 0.15) is 32.6 Å². The number of nitrogens with one attached hydrogen (secondary N) is 1. The van der Waals surface area contributed by atoms with Crippen LogP contribution in [0, 0.1) is 5.92 Å². The molecular formula is C17H36N4. The zero-order valence-electron chi connectivity index (χ0n) is 14.5. The van der Waals surface area contributed by atoms with E-state index in [1.807, 2.05) is 0 Å². The van der Waals surface area contributed by atoms with Crippen LogP contribution in [0.25, 0.3) is 0 Å². The van der Waals surface area contributed by atoms with Crippen LogP contribution in [0.2, 0.25) is 0 Å². The topological polar surface area (TPSA) is 21.8 Å². The van der Waals surface area contributed by atoms with Crippen LogP contribution in [-0.2, 0) is 0 Å². The van der Waals surface area contributed by atoms with E-state index < -0.39 is 0 Å². The molecule has 2 fully saturated rings. The first-order valence-electron chi connectivity index (χ1n) is 8.96. The first-order chi connectivity index (χ1) is 10.1. The van der Waals surface area contributed by atoms with Crippen molar-refractivity contribution < 1.29 is 0 Å². The van der Waals surface area contributed by atoms with Gasteiger partial charge in [-0.25, -0.2) is 0 Å². The quantitative estimate of drug-likeness (QED) is 0.765. The van der Waals surface area contributed by atoms with Gasteiger partial charge in [-0.2, -0.15) is 0 Å². The average molecular weight is 297 g/mol. The van der Waals surface area contributed by atoms with Gasteiger partial charge in [0.25, 0.3) is 0 Å². The van der Waals surface area contributed by atoms with Crippen LogP contribution in [-0.4, -0.2) is 87.2 Å². The third kappa shape index (κ3) is 6.64. The molecule has 0 amide bonds. The van der Waals surface area contributed by atoms with Crippen LogP contribution < -0.4 is 5.32 Å². The van der Waals surface area contributed by atoms with Gasteiger partial charge in [0.05, 0.1) is 0 Å². The second-order valence-corrected chi connectivity index (χ2v) is 7.40. The van der Waals surface area contributed by atoms with Crippen molar-refractivity contribution in [2.75, 3.05) is 66.5 Å². The highest BCUT2D eigenvalue weighted by molar-refractivity contribution is 4.77. The normalized spacial score (nSPS) is 29.1. The van der Waals surface area contributed by atoms with Crippen molar-refractivity contribution in [2.24, 2.45) is 5.92 Å². The number of hydrogen-bond acceptors (Lipinski definition) is 4. The Morgan fingerprint density at radius 3 is 2.05 bits per heavy atom. The molecule has 0 bridgehead atoms. The van der Waals surface area contributed by atoms with Gasteiger partial charge in [0, 0.05) is 58.4 Å². The Labute approximate surface area is 131 Å². The summed E-state index contributed by atoms with van der Waals surface area (Å²) in [6.07, 6.45) is 5.61. The summed E-state index contributed by atoms with van der Waals surface area (Å²) < 4.78 is 0. The fourth-order valence-electron chi connectivity index (χ4n) is 3.47. The maximum absolute atomic E-state index is 3.78. The summed E-state index contributed by atoms with van der Waals surface area (Å²) >= 11 is 0. The Morgan fingerprint density at radius 1 is 0.905 bits per heavy atom. The molecule has 2 aliphatic rings. The Morgan fingerprint density at radius 2 is 1.48 bits per heavy atom. The van der Waals surface area contributed by atoms with Crippen molar-refractivity contribution in [3.8, 4) is 0 Å². The largest absolute Gasteiger partial charge is 0.313 e. The van der Waals surface area contributed by atoms with Crippen LogP contribution in [0.4, 0.5) is 0 Å². The van der Waals surface area contributed by atoms with Gasteiger partial charge in [-0.3, -0.25) is 9.80 Å². The molecule has 2 rings (SSSR count). The molecular weight excluding hydrogens is 260 g/mol. The maximum atomic E-state index is 3.78. The van der Waals surface area contributed by atoms with E-state index >= 15 is 0 Å². The molecule has 0 radical (unpaired) electrons. The molecule has 0 spiro atoms. The SMILES string of the molecule is CC1CCC(NCCN2CCN(CCN(C)C)CC2)CC1. The summed E-state index contributed by atoms with van der Waals surface area (Å²) in [7, 11) is 4.32. The van der Waals surface area contributed by atoms with Crippen LogP contribution in [0.3, 0.4) is 0 Å². The van der Waals surface area contributed by atoms with Gasteiger partial charge in [-0.05, 0) is 45.7 Å². The highest BCUT2D eigenvalue weighted by atomic mass is 15.3. The van der Waals surface area contributed by atoms with E-state index in [1.165, 1.54) is 78.0 Å². The van der Waals surface area contributed by atoms with Crippen molar-refractivity contribution in [3.63, 3.8) is 0 Å². The van der Waals surface area contributed by atoms with Crippen LogP contribution in [0.15, 0.2) is 0 Å². The predicted octanol–water partition coefficient (Wildman–Crippen LogP) is 1.33. The van der Waals surface area contributed by atoms with Gasteiger partial charge in [0.2, 0.25) is 0 Å². The number of hydrogen-bond donors (Lipinski definition) is 1. The van der Waals surface area contributed by atoms with Crippen molar-refractivity contribution in [2.45, 2.75) is 38.6 Å². The molecule has 1 N–H and O–H groups in total. The van der Waals surface area contributed by atoms with Crippen molar-refractivity contribution in [1.29, 1.82) is 0 Å². The van der Waals surface area contributed by atoms with Crippen LogP contribution in [0.5, 0.6) is 0 Å². The van der Waals surface area contributed by atoms with E-state index in [4.69, 9.17) is 0 Å². The first-order valence-corrected chi connectivity index (χ1v) is 8.96. The highest BCUT2D eigenvalue weighted by Crippen LogP contribution is 2.23. The molecule has 4 nitrogen and oxygen atoms in total. The summed E-state index contributed by atoms with van der Waals surface area (Å²) in [5, 5.41) is 3.78. The average Bonchev–Trinajstić information content (AvgIpc) is 2.48. The van der Waals surface area contributed by atoms with Gasteiger partial charge < -0.3 is 10.2 Å². The molecule has 21 heavy (non-hydrogen) atoms. The van der Waals surface area contributed by atoms with Gasteiger partial charge in [0.1, 0.15) is 0 Å². The molecule has 1 aliphatic carbocycles. The molecule has 0 unspecified atom stereocenters. The highest BCUT2D eigenvalue weighted by Gasteiger charge is 2.19. The smallest absolute Gasteiger partial charge is 0.0110 e. The summed E-state index contributed by atoms with van der Waals surface area (Å²) in [5.74, 6) is 0.957. The van der Waals surface area contributed by atoms with Gasteiger partial charge in [-0.1, -0.05) is 6.92 Å². The number of likely N-dealkylation sites (N-methyl/N-ethyl adjacent to an activating group) is 1. The number of rotatable bonds is 7. The Bertz CT molecular complexity index is 266. The summed E-state index contributed by atoms with van der Waals surface area (Å²) in [6.45, 7) is 12.2. The van der Waals surface area contributed by atoms with Crippen molar-refractivity contribution >= 4 is 0 Å². The van der Waals surface area contributed by atoms with Crippen LogP contribution >= 0.6 is 0 Å². The van der Waals surface area contributed by atoms with E-state index in [0.29, 0.717) is 0 Å². The Kier molecular flexibility index (Phi) is 7.44. The predicted molar refractivity (Wildman–Crippen MR) is 90.9 cm³/mol. The van der Waals surface area contributed by atoms with Gasteiger partial charge >= 0.3 is 0 Å². The zero-order valence-corrected chi connectivity index (χ0v) is 14.5. The van der Waals surface area contributed by atoms with E-state index in [1.54, 1.807) is 0 Å². The molecule has 1 heterocycles. The zero-order chi connectivity index (χ0) is 15.1. The van der Waals surface area contributed by atoms with Gasteiger partial charge in [0.15, 0.2) is 0 Å². The minimum Gasteiger partial charge on any atom is -0.313 e. The minimum absolute atomic E-state index is 0.794. The summed E-state index contributed by atoms with van der Waals surface area (Å²) in [6, 6.07) is 0.794. The second kappa shape index (κ2) is 9.09. The molecule has 0 aromatic heterocycles. The Hall–Kier alpha value is -0.160. The second-order valence-electron chi connectivity index (χ2n) is 7.40. The Balaban J connectivity index is 1.51. The lowest BCUT2D eigenvalue weighted by Crippen LogP contribution is -2.50. The molecule has 0 aromatic rings. The van der Waals surface area contributed by atoms with Gasteiger partial charge in [-0.15, -0.1) is 0 Å². The minimum atomic E-state index is 0.794. The van der Waals surface area contributed by atoms with E-state index in [0.717, 1.165) is 12.0 Å². The fourth-order valence-corrected chi connectivity index (χ4v) is 3.47. The maximum Gasteiger partial charge on any atom is 0.0110 e. The van der Waals surface area contributed by atoms with E-state index in [9.17, 15) is 0 Å². The third-order valence-corrected chi connectivity index (χ3v) is 5.21. The molecule has 124 valence electrons. The fraction of sp³-hybridized carbons (Fsp3) is 1.00. The molecule has 1 saturated carbocycles. The third-order valence-electron chi connectivity index (χ3n) is 5.21.